The van der Waals surface area contributed by atoms with E-state index in [1.54, 1.807) is 29.2 Å². The third kappa shape index (κ3) is 3.91. The van der Waals surface area contributed by atoms with Crippen LogP contribution in [-0.4, -0.2) is 44.9 Å². The van der Waals surface area contributed by atoms with Gasteiger partial charge in [-0.25, -0.2) is 0 Å². The lowest BCUT2D eigenvalue weighted by molar-refractivity contribution is -0.132. The van der Waals surface area contributed by atoms with Crippen LogP contribution in [0.1, 0.15) is 24.8 Å². The zero-order valence-electron chi connectivity index (χ0n) is 17.6. The monoisotopic (exact) mass is 456 g/mol. The minimum atomic E-state index is -0.681. The summed E-state index contributed by atoms with van der Waals surface area (Å²) in [6.45, 7) is 2.42. The molecule has 3 aliphatic rings. The van der Waals surface area contributed by atoms with Crippen molar-refractivity contribution in [3.63, 3.8) is 0 Å². The lowest BCUT2D eigenvalue weighted by Crippen LogP contribution is -2.47. The lowest BCUT2D eigenvalue weighted by atomic mass is 9.74. The summed E-state index contributed by atoms with van der Waals surface area (Å²) in [5.74, 6) is 0.384. The number of carbonyl (C=O) groups is 2. The molecule has 0 radical (unpaired) electrons. The second-order valence-corrected chi connectivity index (χ2v) is 8.92. The predicted octanol–water partition coefficient (Wildman–Crippen LogP) is 3.29. The van der Waals surface area contributed by atoms with Crippen LogP contribution in [0.5, 0.6) is 11.5 Å². The summed E-state index contributed by atoms with van der Waals surface area (Å²) in [6.07, 6.45) is 2.05. The number of amides is 2. The van der Waals surface area contributed by atoms with E-state index in [9.17, 15) is 9.59 Å². The van der Waals surface area contributed by atoms with Crippen molar-refractivity contribution in [2.45, 2.75) is 24.7 Å². The maximum absolute atomic E-state index is 13.0. The van der Waals surface area contributed by atoms with Crippen molar-refractivity contribution >= 4 is 29.1 Å². The molecule has 1 atom stereocenters. The molecule has 0 aliphatic carbocycles. The first-order valence-electron chi connectivity index (χ1n) is 10.9. The van der Waals surface area contributed by atoms with Crippen molar-refractivity contribution < 1.29 is 23.8 Å². The van der Waals surface area contributed by atoms with Crippen molar-refractivity contribution in [3.05, 3.63) is 53.1 Å². The molecule has 0 aromatic heterocycles. The Morgan fingerprint density at radius 3 is 2.62 bits per heavy atom. The average Bonchev–Trinajstić information content (AvgIpc) is 3.45. The van der Waals surface area contributed by atoms with Gasteiger partial charge in [-0.15, -0.1) is 0 Å². The molecular formula is C24H25ClN2O5. The molecular weight excluding hydrogens is 432 g/mol. The van der Waals surface area contributed by atoms with Gasteiger partial charge in [0.15, 0.2) is 11.5 Å². The average molecular weight is 457 g/mol. The molecule has 2 fully saturated rings. The number of nitrogens with one attached hydrogen (secondary N) is 1. The van der Waals surface area contributed by atoms with Gasteiger partial charge in [0.2, 0.25) is 18.6 Å². The Hall–Kier alpha value is -2.77. The highest BCUT2D eigenvalue weighted by Crippen LogP contribution is 2.40. The van der Waals surface area contributed by atoms with Crippen molar-refractivity contribution in [2.24, 2.45) is 5.92 Å². The summed E-state index contributed by atoms with van der Waals surface area (Å²) in [5, 5.41) is 3.69. The molecule has 0 saturated carbocycles. The first-order valence-corrected chi connectivity index (χ1v) is 11.3. The Labute approximate surface area is 191 Å². The van der Waals surface area contributed by atoms with Crippen LogP contribution in [0, 0.1) is 5.92 Å². The molecule has 32 heavy (non-hydrogen) atoms. The van der Waals surface area contributed by atoms with E-state index in [0.29, 0.717) is 37.7 Å². The number of benzene rings is 2. The van der Waals surface area contributed by atoms with Gasteiger partial charge in [0.05, 0.1) is 0 Å². The highest BCUT2D eigenvalue weighted by Gasteiger charge is 2.40. The molecule has 1 N–H and O–H groups in total. The zero-order valence-corrected chi connectivity index (χ0v) is 18.4. The Morgan fingerprint density at radius 1 is 1.09 bits per heavy atom. The summed E-state index contributed by atoms with van der Waals surface area (Å²) < 4.78 is 16.6. The van der Waals surface area contributed by atoms with Crippen LogP contribution < -0.4 is 19.7 Å². The van der Waals surface area contributed by atoms with Gasteiger partial charge in [-0.2, -0.15) is 0 Å². The molecule has 8 heteroatoms. The zero-order chi connectivity index (χ0) is 22.1. The van der Waals surface area contributed by atoms with Gasteiger partial charge in [-0.05, 0) is 61.2 Å². The Bertz CT molecular complexity index is 1020. The maximum atomic E-state index is 13.0. The third-order valence-corrected chi connectivity index (χ3v) is 6.95. The summed E-state index contributed by atoms with van der Waals surface area (Å²) in [4.78, 5) is 27.6. The number of rotatable bonds is 5. The smallest absolute Gasteiger partial charge is 0.239 e. The Kier molecular flexibility index (Phi) is 5.69. The highest BCUT2D eigenvalue weighted by molar-refractivity contribution is 6.30. The minimum absolute atomic E-state index is 0.172. The topological polar surface area (TPSA) is 77.1 Å². The van der Waals surface area contributed by atoms with Crippen LogP contribution in [0.15, 0.2) is 42.5 Å². The quantitative estimate of drug-likeness (QED) is 0.699. The van der Waals surface area contributed by atoms with Crippen molar-refractivity contribution in [2.75, 3.05) is 38.0 Å². The summed E-state index contributed by atoms with van der Waals surface area (Å²) in [6, 6.07) is 13.1. The molecule has 168 valence electrons. The molecule has 3 aliphatic heterocycles. The van der Waals surface area contributed by atoms with Crippen LogP contribution in [-0.2, 0) is 19.7 Å². The van der Waals surface area contributed by atoms with Crippen molar-refractivity contribution in [1.29, 1.82) is 0 Å². The van der Waals surface area contributed by atoms with Gasteiger partial charge < -0.3 is 24.4 Å². The van der Waals surface area contributed by atoms with Crippen molar-refractivity contribution in [3.8, 4) is 11.5 Å². The normalized spacial score (nSPS) is 21.6. The fourth-order valence-electron chi connectivity index (χ4n) is 4.74. The van der Waals surface area contributed by atoms with E-state index in [2.05, 4.69) is 5.32 Å². The Balaban J connectivity index is 1.29. The molecule has 7 nitrogen and oxygen atoms in total. The summed E-state index contributed by atoms with van der Waals surface area (Å²) in [7, 11) is 0. The predicted molar refractivity (Wildman–Crippen MR) is 119 cm³/mol. The number of hydrogen-bond acceptors (Lipinski definition) is 5. The number of carbonyl (C=O) groups excluding carboxylic acids is 2. The number of fused-ring (bicyclic) bond motifs is 1. The molecule has 2 aromatic carbocycles. The third-order valence-electron chi connectivity index (χ3n) is 6.70. The number of halogens is 1. The van der Waals surface area contributed by atoms with E-state index < -0.39 is 5.92 Å². The second-order valence-electron chi connectivity index (χ2n) is 8.49. The Morgan fingerprint density at radius 2 is 1.84 bits per heavy atom. The van der Waals surface area contributed by atoms with Crippen LogP contribution in [0.3, 0.4) is 0 Å². The van der Waals surface area contributed by atoms with Crippen LogP contribution in [0.25, 0.3) is 0 Å². The summed E-state index contributed by atoms with van der Waals surface area (Å²) >= 11 is 5.95. The minimum Gasteiger partial charge on any atom is -0.454 e. The largest absolute Gasteiger partial charge is 0.454 e. The van der Waals surface area contributed by atoms with Crippen LogP contribution in [0.4, 0.5) is 5.69 Å². The molecule has 0 bridgehead atoms. The van der Waals surface area contributed by atoms with Gasteiger partial charge in [-0.3, -0.25) is 9.59 Å². The fraction of sp³-hybridized carbons (Fsp3) is 0.417. The standard InChI is InChI=1S/C24H25ClN2O5/c25-17-2-4-18(5-3-17)27-10-7-19(23(27)29)22(28)26-14-24(8-11-30-12-9-24)16-1-6-20-21(13-16)32-15-31-20/h1-6,13,19H,7-12,14-15H2,(H,26,28). The van der Waals surface area contributed by atoms with Crippen LogP contribution in [0.2, 0.25) is 5.02 Å². The molecule has 2 saturated heterocycles. The van der Waals surface area contributed by atoms with E-state index in [1.165, 1.54) is 0 Å². The first kappa shape index (κ1) is 21.1. The van der Waals surface area contributed by atoms with E-state index in [0.717, 1.165) is 35.6 Å². The van der Waals surface area contributed by atoms with E-state index in [-0.39, 0.29) is 24.0 Å². The lowest BCUT2D eigenvalue weighted by Gasteiger charge is -2.38. The number of hydrogen-bond donors (Lipinski definition) is 1. The van der Waals surface area contributed by atoms with Gasteiger partial charge in [0.25, 0.3) is 0 Å². The van der Waals surface area contributed by atoms with E-state index in [1.807, 2.05) is 18.2 Å². The van der Waals surface area contributed by atoms with E-state index in [4.69, 9.17) is 25.8 Å². The molecule has 2 aromatic rings. The van der Waals surface area contributed by atoms with Crippen molar-refractivity contribution in [1.82, 2.24) is 5.32 Å². The van der Waals surface area contributed by atoms with Gasteiger partial charge >= 0.3 is 0 Å². The van der Waals surface area contributed by atoms with E-state index >= 15 is 0 Å². The number of anilines is 1. The molecule has 2 amide bonds. The number of ether oxygens (including phenoxy) is 3. The molecule has 3 heterocycles. The molecule has 0 spiro atoms. The van der Waals surface area contributed by atoms with Gasteiger partial charge in [0.1, 0.15) is 5.92 Å². The summed E-state index contributed by atoms with van der Waals surface area (Å²) in [5.41, 5.74) is 1.58. The van der Waals surface area contributed by atoms with Crippen LogP contribution >= 0.6 is 11.6 Å². The fourth-order valence-corrected chi connectivity index (χ4v) is 4.86. The highest BCUT2D eigenvalue weighted by atomic mass is 35.5. The number of nitrogens with zero attached hydrogens (tertiary/aromatic N) is 1. The van der Waals surface area contributed by atoms with Gasteiger partial charge in [-0.1, -0.05) is 17.7 Å². The maximum Gasteiger partial charge on any atom is 0.239 e. The SMILES string of the molecule is O=C(NCC1(c2ccc3c(c2)OCO3)CCOCC1)C1CCN(c2ccc(Cl)cc2)C1=O. The molecule has 1 unspecified atom stereocenters. The second kappa shape index (κ2) is 8.64. The van der Waals surface area contributed by atoms with Gasteiger partial charge in [0, 0.05) is 42.4 Å². The molecule has 5 rings (SSSR count). The first-order chi connectivity index (χ1) is 15.6.